The predicted octanol–water partition coefficient (Wildman–Crippen LogP) is 4.61. The van der Waals surface area contributed by atoms with Crippen LogP contribution < -0.4 is 20.1 Å². The van der Waals surface area contributed by atoms with Crippen LogP contribution in [0.4, 0.5) is 25.0 Å². The second kappa shape index (κ2) is 6.77. The Morgan fingerprint density at radius 1 is 1.07 bits per heavy atom. The molecule has 0 spiro atoms. The number of halogens is 2. The summed E-state index contributed by atoms with van der Waals surface area (Å²) in [6, 6.07) is 7.69. The molecule has 1 aliphatic heterocycles. The van der Waals surface area contributed by atoms with E-state index in [-0.39, 0.29) is 18.4 Å². The lowest BCUT2D eigenvalue weighted by Crippen LogP contribution is -2.21. The molecule has 0 saturated heterocycles. The molecule has 5 rings (SSSR count). The highest BCUT2D eigenvalue weighted by molar-refractivity contribution is 6.02. The number of rotatable bonds is 4. The molecule has 9 heteroatoms. The van der Waals surface area contributed by atoms with Crippen LogP contribution in [0.25, 0.3) is 11.3 Å². The fourth-order valence-corrected chi connectivity index (χ4v) is 3.26. The molecule has 0 bridgehead atoms. The smallest absolute Gasteiger partial charge is 0.323 e. The first-order chi connectivity index (χ1) is 14.1. The summed E-state index contributed by atoms with van der Waals surface area (Å²) in [6.45, 7) is 0.156. The number of H-pyrrole nitrogens is 1. The van der Waals surface area contributed by atoms with Gasteiger partial charge in [-0.1, -0.05) is 0 Å². The predicted molar refractivity (Wildman–Crippen MR) is 101 cm³/mol. The van der Waals surface area contributed by atoms with Gasteiger partial charge in [-0.25, -0.2) is 13.6 Å². The maximum atomic E-state index is 13.9. The minimum atomic E-state index is -0.856. The van der Waals surface area contributed by atoms with Crippen molar-refractivity contribution in [1.29, 1.82) is 0 Å². The number of anilines is 2. The highest BCUT2D eigenvalue weighted by atomic mass is 19.1. The van der Waals surface area contributed by atoms with E-state index in [0.29, 0.717) is 28.9 Å². The largest absolute Gasteiger partial charge is 0.454 e. The maximum absolute atomic E-state index is 13.9. The number of hydrogen-bond acceptors (Lipinski definition) is 4. The monoisotopic (exact) mass is 398 g/mol. The number of carbonyl (C=O) groups excluding carboxylic acids is 1. The Morgan fingerprint density at radius 3 is 2.69 bits per heavy atom. The van der Waals surface area contributed by atoms with Gasteiger partial charge in [0.15, 0.2) is 11.5 Å². The first-order valence-electron chi connectivity index (χ1n) is 9.10. The van der Waals surface area contributed by atoms with Gasteiger partial charge < -0.3 is 20.1 Å². The molecule has 29 heavy (non-hydrogen) atoms. The van der Waals surface area contributed by atoms with E-state index in [1.54, 1.807) is 12.1 Å². The van der Waals surface area contributed by atoms with Crippen LogP contribution in [0.1, 0.15) is 24.5 Å². The Labute approximate surface area is 164 Å². The molecule has 7 nitrogen and oxygen atoms in total. The van der Waals surface area contributed by atoms with Gasteiger partial charge in [-0.15, -0.1) is 0 Å². The Hall–Kier alpha value is -3.62. The van der Waals surface area contributed by atoms with Gasteiger partial charge in [-0.05, 0) is 43.2 Å². The van der Waals surface area contributed by atoms with Crippen molar-refractivity contribution in [2.75, 3.05) is 17.4 Å². The molecule has 3 aromatic rings. The quantitative estimate of drug-likeness (QED) is 0.599. The Balaban J connectivity index is 1.44. The average molecular weight is 398 g/mol. The standard InChI is InChI=1S/C20H16F2N4O3/c21-12-4-5-14(13(22)8-12)23-20(27)24-19-17(10-1-2-10)25-26-18(19)11-3-6-15-16(7-11)29-9-28-15/h3-8,10H,1-2,9H2,(H,25,26)(H2,23,24,27). The second-order valence-electron chi connectivity index (χ2n) is 6.91. The van der Waals surface area contributed by atoms with E-state index >= 15 is 0 Å². The number of amides is 2. The van der Waals surface area contributed by atoms with E-state index in [0.717, 1.165) is 30.2 Å². The van der Waals surface area contributed by atoms with Gasteiger partial charge in [-0.2, -0.15) is 5.10 Å². The summed E-state index contributed by atoms with van der Waals surface area (Å²) in [5.74, 6) is -0.0497. The Morgan fingerprint density at radius 2 is 1.90 bits per heavy atom. The molecule has 3 N–H and O–H groups in total. The third kappa shape index (κ3) is 3.35. The van der Waals surface area contributed by atoms with Crippen molar-refractivity contribution >= 4 is 17.4 Å². The van der Waals surface area contributed by atoms with Gasteiger partial charge in [0.2, 0.25) is 6.79 Å². The fraction of sp³-hybridized carbons (Fsp3) is 0.200. The number of aromatic amines is 1. The zero-order valence-corrected chi connectivity index (χ0v) is 15.1. The van der Waals surface area contributed by atoms with Gasteiger partial charge in [0.1, 0.15) is 17.3 Å². The number of urea groups is 1. The third-order valence-electron chi connectivity index (χ3n) is 4.84. The molecule has 2 heterocycles. The van der Waals surface area contributed by atoms with Crippen molar-refractivity contribution in [3.05, 3.63) is 53.7 Å². The molecule has 2 aliphatic rings. The molecule has 1 fully saturated rings. The number of nitrogens with zero attached hydrogens (tertiary/aromatic N) is 1. The van der Waals surface area contributed by atoms with Crippen molar-refractivity contribution in [1.82, 2.24) is 10.2 Å². The number of aromatic nitrogens is 2. The Bertz CT molecular complexity index is 1110. The number of nitrogens with one attached hydrogen (secondary N) is 3. The number of ether oxygens (including phenoxy) is 2. The molecule has 0 radical (unpaired) electrons. The van der Waals surface area contributed by atoms with Crippen LogP contribution in [-0.2, 0) is 0 Å². The zero-order valence-electron chi connectivity index (χ0n) is 15.1. The van der Waals surface area contributed by atoms with Crippen molar-refractivity contribution in [2.45, 2.75) is 18.8 Å². The first kappa shape index (κ1) is 17.5. The number of carbonyl (C=O) groups is 1. The van der Waals surface area contributed by atoms with E-state index in [9.17, 15) is 13.6 Å². The van der Waals surface area contributed by atoms with Gasteiger partial charge in [0.25, 0.3) is 0 Å². The molecular formula is C20H16F2N4O3. The minimum Gasteiger partial charge on any atom is -0.454 e. The Kier molecular flexibility index (Phi) is 4.08. The highest BCUT2D eigenvalue weighted by Gasteiger charge is 2.31. The number of benzene rings is 2. The van der Waals surface area contributed by atoms with E-state index < -0.39 is 17.7 Å². The summed E-state index contributed by atoms with van der Waals surface area (Å²) >= 11 is 0. The van der Waals surface area contributed by atoms with Crippen LogP contribution in [0.5, 0.6) is 11.5 Å². The van der Waals surface area contributed by atoms with Crippen LogP contribution in [0.3, 0.4) is 0 Å². The SMILES string of the molecule is O=C(Nc1ccc(F)cc1F)Nc1c(-c2ccc3c(c2)OCO3)n[nH]c1C1CC1. The summed E-state index contributed by atoms with van der Waals surface area (Å²) in [4.78, 5) is 12.5. The van der Waals surface area contributed by atoms with E-state index in [1.807, 2.05) is 6.07 Å². The van der Waals surface area contributed by atoms with Gasteiger partial charge in [0, 0.05) is 17.5 Å². The lowest BCUT2D eigenvalue weighted by atomic mass is 10.1. The maximum Gasteiger partial charge on any atom is 0.323 e. The minimum absolute atomic E-state index is 0.120. The molecule has 1 saturated carbocycles. The van der Waals surface area contributed by atoms with Crippen molar-refractivity contribution in [2.24, 2.45) is 0 Å². The lowest BCUT2D eigenvalue weighted by Gasteiger charge is -2.11. The summed E-state index contributed by atoms with van der Waals surface area (Å²) in [7, 11) is 0. The second-order valence-corrected chi connectivity index (χ2v) is 6.91. The van der Waals surface area contributed by atoms with Crippen molar-refractivity contribution in [3.63, 3.8) is 0 Å². The van der Waals surface area contributed by atoms with Crippen LogP contribution in [0.15, 0.2) is 36.4 Å². The molecule has 1 aromatic heterocycles. The van der Waals surface area contributed by atoms with E-state index in [1.165, 1.54) is 6.07 Å². The molecule has 0 atom stereocenters. The summed E-state index contributed by atoms with van der Waals surface area (Å²) in [5.41, 5.74) is 2.49. The topological polar surface area (TPSA) is 88.3 Å². The fourth-order valence-electron chi connectivity index (χ4n) is 3.26. The number of hydrogen-bond donors (Lipinski definition) is 3. The zero-order chi connectivity index (χ0) is 20.0. The van der Waals surface area contributed by atoms with Crippen molar-refractivity contribution in [3.8, 4) is 22.8 Å². The number of fused-ring (bicyclic) bond motifs is 1. The summed E-state index contributed by atoms with van der Waals surface area (Å²) < 4.78 is 37.7. The van der Waals surface area contributed by atoms with Gasteiger partial charge in [-0.3, -0.25) is 5.10 Å². The average Bonchev–Trinajstić information content (AvgIpc) is 3.28. The van der Waals surface area contributed by atoms with Crippen LogP contribution in [0.2, 0.25) is 0 Å². The highest BCUT2D eigenvalue weighted by Crippen LogP contribution is 2.46. The third-order valence-corrected chi connectivity index (χ3v) is 4.84. The lowest BCUT2D eigenvalue weighted by molar-refractivity contribution is 0.174. The van der Waals surface area contributed by atoms with Crippen LogP contribution in [0, 0.1) is 11.6 Å². The normalized spacial score (nSPS) is 14.7. The van der Waals surface area contributed by atoms with Gasteiger partial charge in [0.05, 0.1) is 17.1 Å². The molecule has 0 unspecified atom stereocenters. The van der Waals surface area contributed by atoms with E-state index in [4.69, 9.17) is 9.47 Å². The molecular weight excluding hydrogens is 382 g/mol. The first-order valence-corrected chi connectivity index (χ1v) is 9.10. The van der Waals surface area contributed by atoms with Crippen molar-refractivity contribution < 1.29 is 23.0 Å². The summed E-state index contributed by atoms with van der Waals surface area (Å²) in [6.07, 6.45) is 1.98. The molecule has 1 aliphatic carbocycles. The van der Waals surface area contributed by atoms with Gasteiger partial charge >= 0.3 is 6.03 Å². The van der Waals surface area contributed by atoms with Crippen LogP contribution in [-0.4, -0.2) is 23.0 Å². The summed E-state index contributed by atoms with van der Waals surface area (Å²) in [5, 5.41) is 12.5. The molecule has 2 amide bonds. The molecule has 2 aromatic carbocycles. The molecule has 148 valence electrons. The van der Waals surface area contributed by atoms with E-state index in [2.05, 4.69) is 20.8 Å². The van der Waals surface area contributed by atoms with Crippen LogP contribution >= 0.6 is 0 Å².